The number of benzene rings is 1. The van der Waals surface area contributed by atoms with Crippen LogP contribution >= 0.6 is 0 Å². The Hall–Kier alpha value is -1.52. The van der Waals surface area contributed by atoms with Crippen LogP contribution in [-0.4, -0.2) is 101 Å². The molecule has 0 radical (unpaired) electrons. The molecule has 1 N–H and O–H groups in total. The summed E-state index contributed by atoms with van der Waals surface area (Å²) in [6, 6.07) is 7.05. The van der Waals surface area contributed by atoms with Gasteiger partial charge in [-0.3, -0.25) is 9.69 Å². The SMILES string of the molecule is CC(C)c1ccc(S(=O)(=O)N(CCCN2CCOCC2)CC(=O)N2CCNCC2)cc1. The third-order valence-corrected chi connectivity index (χ3v) is 7.81. The second kappa shape index (κ2) is 11.4. The first kappa shape index (κ1) is 24.1. The first-order valence-corrected chi connectivity index (χ1v) is 12.7. The summed E-state index contributed by atoms with van der Waals surface area (Å²) in [5, 5.41) is 3.22. The van der Waals surface area contributed by atoms with Gasteiger partial charge in [0.05, 0.1) is 24.7 Å². The molecule has 0 aromatic heterocycles. The average molecular weight is 453 g/mol. The van der Waals surface area contributed by atoms with Crippen LogP contribution in [0.25, 0.3) is 0 Å². The Labute approximate surface area is 186 Å². The van der Waals surface area contributed by atoms with Gasteiger partial charge in [0, 0.05) is 45.8 Å². The molecule has 2 heterocycles. The molecule has 174 valence electrons. The van der Waals surface area contributed by atoms with Gasteiger partial charge in [-0.25, -0.2) is 8.42 Å². The molecule has 2 fully saturated rings. The first-order valence-electron chi connectivity index (χ1n) is 11.3. The van der Waals surface area contributed by atoms with Crippen molar-refractivity contribution in [2.24, 2.45) is 0 Å². The van der Waals surface area contributed by atoms with Crippen LogP contribution in [0.3, 0.4) is 0 Å². The van der Waals surface area contributed by atoms with Crippen LogP contribution in [0.15, 0.2) is 29.2 Å². The molecule has 8 nitrogen and oxygen atoms in total. The number of amides is 1. The Morgan fingerprint density at radius 2 is 1.74 bits per heavy atom. The summed E-state index contributed by atoms with van der Waals surface area (Å²) in [5.74, 6) is 0.200. The fraction of sp³-hybridized carbons (Fsp3) is 0.682. The highest BCUT2D eigenvalue weighted by molar-refractivity contribution is 7.89. The fourth-order valence-electron chi connectivity index (χ4n) is 3.92. The van der Waals surface area contributed by atoms with Crippen molar-refractivity contribution in [1.29, 1.82) is 0 Å². The molecule has 1 aromatic rings. The lowest BCUT2D eigenvalue weighted by molar-refractivity contribution is -0.132. The van der Waals surface area contributed by atoms with E-state index in [2.05, 4.69) is 24.1 Å². The molecule has 2 saturated heterocycles. The van der Waals surface area contributed by atoms with Gasteiger partial charge < -0.3 is 15.0 Å². The van der Waals surface area contributed by atoms with Gasteiger partial charge in [-0.1, -0.05) is 26.0 Å². The maximum Gasteiger partial charge on any atom is 0.243 e. The number of sulfonamides is 1. The van der Waals surface area contributed by atoms with E-state index >= 15 is 0 Å². The van der Waals surface area contributed by atoms with Gasteiger partial charge >= 0.3 is 0 Å². The fourth-order valence-corrected chi connectivity index (χ4v) is 5.35. The zero-order chi connectivity index (χ0) is 22.3. The molecule has 0 bridgehead atoms. The largest absolute Gasteiger partial charge is 0.379 e. The van der Waals surface area contributed by atoms with E-state index in [0.29, 0.717) is 45.2 Å². The van der Waals surface area contributed by atoms with E-state index < -0.39 is 10.0 Å². The second-order valence-electron chi connectivity index (χ2n) is 8.50. The number of morpholine rings is 1. The maximum atomic E-state index is 13.4. The Morgan fingerprint density at radius 3 is 2.35 bits per heavy atom. The zero-order valence-electron chi connectivity index (χ0n) is 18.8. The molecule has 0 saturated carbocycles. The number of hydrogen-bond donors (Lipinski definition) is 1. The summed E-state index contributed by atoms with van der Waals surface area (Å²) in [7, 11) is -3.75. The van der Waals surface area contributed by atoms with Crippen LogP contribution in [0.1, 0.15) is 31.7 Å². The van der Waals surface area contributed by atoms with Gasteiger partial charge in [0.1, 0.15) is 0 Å². The molecule has 0 unspecified atom stereocenters. The molecule has 2 aliphatic heterocycles. The summed E-state index contributed by atoms with van der Waals surface area (Å²) in [5.41, 5.74) is 1.09. The van der Waals surface area contributed by atoms with Crippen LogP contribution in [-0.2, 0) is 19.6 Å². The minimum Gasteiger partial charge on any atom is -0.379 e. The molecule has 1 amide bonds. The van der Waals surface area contributed by atoms with Crippen molar-refractivity contribution in [2.75, 3.05) is 72.1 Å². The monoisotopic (exact) mass is 452 g/mol. The minimum absolute atomic E-state index is 0.114. The number of hydrogen-bond acceptors (Lipinski definition) is 6. The van der Waals surface area contributed by atoms with Crippen LogP contribution in [0, 0.1) is 0 Å². The smallest absolute Gasteiger partial charge is 0.243 e. The summed E-state index contributed by atoms with van der Waals surface area (Å²) in [6.07, 6.45) is 0.679. The lowest BCUT2D eigenvalue weighted by Gasteiger charge is -2.31. The topological polar surface area (TPSA) is 82.2 Å². The van der Waals surface area contributed by atoms with Crippen LogP contribution in [0.4, 0.5) is 0 Å². The number of piperazine rings is 1. The normalized spacial score (nSPS) is 18.6. The number of nitrogens with one attached hydrogen (secondary N) is 1. The maximum absolute atomic E-state index is 13.4. The number of nitrogens with zero attached hydrogens (tertiary/aromatic N) is 3. The van der Waals surface area contributed by atoms with Gasteiger partial charge in [-0.05, 0) is 36.6 Å². The molecule has 2 aliphatic rings. The lowest BCUT2D eigenvalue weighted by atomic mass is 10.0. The molecule has 9 heteroatoms. The second-order valence-corrected chi connectivity index (χ2v) is 10.4. The number of rotatable bonds is 9. The lowest BCUT2D eigenvalue weighted by Crippen LogP contribution is -2.50. The van der Waals surface area contributed by atoms with Gasteiger partial charge in [0.2, 0.25) is 15.9 Å². The van der Waals surface area contributed by atoms with E-state index in [-0.39, 0.29) is 17.3 Å². The Morgan fingerprint density at radius 1 is 1.10 bits per heavy atom. The van der Waals surface area contributed by atoms with Crippen molar-refractivity contribution in [2.45, 2.75) is 31.1 Å². The average Bonchev–Trinajstić information content (AvgIpc) is 2.79. The van der Waals surface area contributed by atoms with Crippen LogP contribution in [0.2, 0.25) is 0 Å². The van der Waals surface area contributed by atoms with Crippen molar-refractivity contribution < 1.29 is 17.9 Å². The zero-order valence-corrected chi connectivity index (χ0v) is 19.6. The number of ether oxygens (including phenoxy) is 1. The van der Waals surface area contributed by atoms with E-state index in [9.17, 15) is 13.2 Å². The summed E-state index contributed by atoms with van der Waals surface area (Å²) in [6.45, 7) is 11.0. The van der Waals surface area contributed by atoms with Crippen molar-refractivity contribution >= 4 is 15.9 Å². The van der Waals surface area contributed by atoms with Crippen LogP contribution in [0.5, 0.6) is 0 Å². The van der Waals surface area contributed by atoms with E-state index in [1.807, 2.05) is 12.1 Å². The Kier molecular flexibility index (Phi) is 8.85. The van der Waals surface area contributed by atoms with Crippen molar-refractivity contribution in [3.05, 3.63) is 29.8 Å². The standard InChI is InChI=1S/C22H36N4O4S/c1-19(2)20-4-6-21(7-5-20)31(28,29)26(11-3-10-24-14-16-30-17-15-24)18-22(27)25-12-8-23-9-13-25/h4-7,19,23H,3,8-18H2,1-2H3. The van der Waals surface area contributed by atoms with Gasteiger partial charge in [0.25, 0.3) is 0 Å². The van der Waals surface area contributed by atoms with E-state index in [0.717, 1.165) is 38.3 Å². The quantitative estimate of drug-likeness (QED) is 0.601. The van der Waals surface area contributed by atoms with Gasteiger partial charge in [-0.2, -0.15) is 4.31 Å². The minimum atomic E-state index is -3.75. The highest BCUT2D eigenvalue weighted by Gasteiger charge is 2.29. The van der Waals surface area contributed by atoms with Crippen molar-refractivity contribution in [3.8, 4) is 0 Å². The van der Waals surface area contributed by atoms with E-state index in [1.165, 1.54) is 4.31 Å². The van der Waals surface area contributed by atoms with Gasteiger partial charge in [-0.15, -0.1) is 0 Å². The first-order chi connectivity index (χ1) is 14.9. The molecular formula is C22H36N4O4S. The molecule has 3 rings (SSSR count). The van der Waals surface area contributed by atoms with E-state index in [4.69, 9.17) is 4.74 Å². The molecular weight excluding hydrogens is 416 g/mol. The molecule has 0 aliphatic carbocycles. The molecule has 31 heavy (non-hydrogen) atoms. The Bertz CT molecular complexity index is 801. The Balaban J connectivity index is 1.71. The summed E-state index contributed by atoms with van der Waals surface area (Å²) < 4.78 is 33.6. The van der Waals surface area contributed by atoms with Crippen molar-refractivity contribution in [3.63, 3.8) is 0 Å². The molecule has 0 atom stereocenters. The third-order valence-electron chi connectivity index (χ3n) is 5.95. The third kappa shape index (κ3) is 6.73. The van der Waals surface area contributed by atoms with Crippen LogP contribution < -0.4 is 5.32 Å². The predicted octanol–water partition coefficient (Wildman–Crippen LogP) is 0.955. The summed E-state index contributed by atoms with van der Waals surface area (Å²) in [4.78, 5) is 17.1. The highest BCUT2D eigenvalue weighted by Crippen LogP contribution is 2.21. The molecule has 0 spiro atoms. The summed E-state index contributed by atoms with van der Waals surface area (Å²) >= 11 is 0. The number of carbonyl (C=O) groups is 1. The highest BCUT2D eigenvalue weighted by atomic mass is 32.2. The van der Waals surface area contributed by atoms with Gasteiger partial charge in [0.15, 0.2) is 0 Å². The van der Waals surface area contributed by atoms with Crippen molar-refractivity contribution in [1.82, 2.24) is 19.4 Å². The molecule has 1 aromatic carbocycles. The van der Waals surface area contributed by atoms with E-state index in [1.54, 1.807) is 17.0 Å². The predicted molar refractivity (Wildman–Crippen MR) is 121 cm³/mol. The number of carbonyl (C=O) groups excluding carboxylic acids is 1.